The molecule has 4 rings (SSSR count). The number of likely N-dealkylation sites (N-methyl/N-ethyl adjacent to an activating group) is 1. The van der Waals surface area contributed by atoms with Gasteiger partial charge in [0.05, 0.1) is 0 Å². The lowest BCUT2D eigenvalue weighted by Gasteiger charge is -2.30. The molecular weight excluding hydrogens is 372 g/mol. The second-order valence-electron chi connectivity index (χ2n) is 7.32. The topological polar surface area (TPSA) is 78.3 Å². The van der Waals surface area contributed by atoms with Crippen LogP contribution in [0.2, 0.25) is 0 Å². The average Bonchev–Trinajstić information content (AvgIpc) is 2.68. The van der Waals surface area contributed by atoms with E-state index in [1.165, 1.54) is 6.07 Å². The molecule has 0 spiro atoms. The SMILES string of the molecule is CN1CCCC(Nc2nnc(-c3ccc(S(C)=O)cc3O)c3ccccc23)C1. The minimum Gasteiger partial charge on any atom is -0.507 e. The van der Waals surface area contributed by atoms with Crippen LogP contribution in [0.3, 0.4) is 0 Å². The van der Waals surface area contributed by atoms with Crippen molar-refractivity contribution in [2.75, 3.05) is 31.7 Å². The lowest BCUT2D eigenvalue weighted by Crippen LogP contribution is -2.40. The third-order valence-electron chi connectivity index (χ3n) is 5.21. The van der Waals surface area contributed by atoms with Gasteiger partial charge in [-0.2, -0.15) is 0 Å². The molecule has 2 aromatic carbocycles. The van der Waals surface area contributed by atoms with Gasteiger partial charge in [-0.3, -0.25) is 4.21 Å². The van der Waals surface area contributed by atoms with Crippen molar-refractivity contribution < 1.29 is 9.32 Å². The van der Waals surface area contributed by atoms with Gasteiger partial charge in [0.2, 0.25) is 0 Å². The third-order valence-corrected chi connectivity index (χ3v) is 6.13. The Hall–Kier alpha value is -2.51. The number of aromatic hydroxyl groups is 1. The van der Waals surface area contributed by atoms with E-state index in [1.807, 2.05) is 24.3 Å². The molecule has 1 fully saturated rings. The predicted molar refractivity (Wildman–Crippen MR) is 113 cm³/mol. The predicted octanol–water partition coefficient (Wildman–Crippen LogP) is 3.25. The van der Waals surface area contributed by atoms with Gasteiger partial charge in [-0.25, -0.2) is 0 Å². The van der Waals surface area contributed by atoms with Gasteiger partial charge in [-0.15, -0.1) is 10.2 Å². The number of hydrogen-bond acceptors (Lipinski definition) is 6. The molecule has 28 heavy (non-hydrogen) atoms. The third kappa shape index (κ3) is 3.72. The van der Waals surface area contributed by atoms with E-state index in [4.69, 9.17) is 0 Å². The first-order chi connectivity index (χ1) is 13.5. The molecule has 0 radical (unpaired) electrons. The Morgan fingerprint density at radius 3 is 2.68 bits per heavy atom. The second-order valence-corrected chi connectivity index (χ2v) is 8.70. The number of phenolic OH excluding ortho intramolecular Hbond substituents is 1. The number of phenols is 1. The quantitative estimate of drug-likeness (QED) is 0.705. The van der Waals surface area contributed by atoms with Crippen LogP contribution in [0.5, 0.6) is 5.75 Å². The Balaban J connectivity index is 1.75. The minimum atomic E-state index is -1.15. The molecular formula is C21H24N4O2S. The number of nitrogens with one attached hydrogen (secondary N) is 1. The molecule has 0 bridgehead atoms. The first kappa shape index (κ1) is 18.8. The van der Waals surface area contributed by atoms with Crippen LogP contribution >= 0.6 is 0 Å². The van der Waals surface area contributed by atoms with Crippen molar-refractivity contribution in [3.63, 3.8) is 0 Å². The largest absolute Gasteiger partial charge is 0.507 e. The van der Waals surface area contributed by atoms with Crippen molar-refractivity contribution in [1.29, 1.82) is 0 Å². The molecule has 7 heteroatoms. The van der Waals surface area contributed by atoms with E-state index in [0.29, 0.717) is 22.2 Å². The van der Waals surface area contributed by atoms with E-state index >= 15 is 0 Å². The van der Waals surface area contributed by atoms with E-state index in [0.717, 1.165) is 42.5 Å². The lowest BCUT2D eigenvalue weighted by molar-refractivity contribution is 0.261. The average molecular weight is 397 g/mol. The smallest absolute Gasteiger partial charge is 0.156 e. The number of anilines is 1. The van der Waals surface area contributed by atoms with Crippen molar-refractivity contribution in [1.82, 2.24) is 15.1 Å². The Bertz CT molecular complexity index is 1040. The van der Waals surface area contributed by atoms with Crippen LogP contribution in [-0.4, -0.2) is 56.8 Å². The summed E-state index contributed by atoms with van der Waals surface area (Å²) in [5.41, 5.74) is 1.20. The molecule has 3 aromatic rings. The minimum absolute atomic E-state index is 0.0572. The normalized spacial score (nSPS) is 18.9. The van der Waals surface area contributed by atoms with Crippen LogP contribution in [0, 0.1) is 0 Å². The molecule has 1 saturated heterocycles. The summed E-state index contributed by atoms with van der Waals surface area (Å²) < 4.78 is 11.7. The van der Waals surface area contributed by atoms with Crippen LogP contribution in [0.25, 0.3) is 22.0 Å². The molecule has 1 aromatic heterocycles. The van der Waals surface area contributed by atoms with Crippen molar-refractivity contribution in [3.8, 4) is 17.0 Å². The molecule has 2 atom stereocenters. The van der Waals surface area contributed by atoms with Crippen LogP contribution in [0.4, 0.5) is 5.82 Å². The number of fused-ring (bicyclic) bond motifs is 1. The Kier molecular flexibility index (Phi) is 5.28. The highest BCUT2D eigenvalue weighted by atomic mass is 32.2. The first-order valence-electron chi connectivity index (χ1n) is 9.40. The van der Waals surface area contributed by atoms with Crippen LogP contribution in [-0.2, 0) is 10.8 Å². The van der Waals surface area contributed by atoms with Crippen molar-refractivity contribution in [2.45, 2.75) is 23.8 Å². The monoisotopic (exact) mass is 396 g/mol. The highest BCUT2D eigenvalue weighted by molar-refractivity contribution is 7.84. The summed E-state index contributed by atoms with van der Waals surface area (Å²) in [4.78, 5) is 2.90. The highest BCUT2D eigenvalue weighted by Gasteiger charge is 2.20. The van der Waals surface area contributed by atoms with Crippen LogP contribution < -0.4 is 5.32 Å². The zero-order valence-electron chi connectivity index (χ0n) is 16.1. The van der Waals surface area contributed by atoms with Gasteiger partial charge in [-0.1, -0.05) is 24.3 Å². The number of hydrogen-bond donors (Lipinski definition) is 2. The summed E-state index contributed by atoms with van der Waals surface area (Å²) in [6.07, 6.45) is 3.86. The number of likely N-dealkylation sites (tertiary alicyclic amines) is 1. The van der Waals surface area contributed by atoms with E-state index in [1.54, 1.807) is 18.4 Å². The van der Waals surface area contributed by atoms with Crippen molar-refractivity contribution in [2.24, 2.45) is 0 Å². The number of nitrogens with zero attached hydrogens (tertiary/aromatic N) is 3. The maximum atomic E-state index is 11.7. The maximum Gasteiger partial charge on any atom is 0.156 e. The Labute approximate surface area is 167 Å². The van der Waals surface area contributed by atoms with Crippen molar-refractivity contribution in [3.05, 3.63) is 42.5 Å². The summed E-state index contributed by atoms with van der Waals surface area (Å²) in [7, 11) is 0.983. The highest BCUT2D eigenvalue weighted by Crippen LogP contribution is 2.35. The molecule has 146 valence electrons. The van der Waals surface area contributed by atoms with Gasteiger partial charge in [0, 0.05) is 50.9 Å². The fourth-order valence-corrected chi connectivity index (χ4v) is 4.31. The number of aromatic nitrogens is 2. The standard InChI is InChI=1S/C21H24N4O2S/c1-25-11-5-6-14(13-25)22-21-17-8-4-3-7-16(17)20(23-24-21)18-10-9-15(28(2)27)12-19(18)26/h3-4,7-10,12,14,26H,5-6,11,13H2,1-2H3,(H,22,24). The summed E-state index contributed by atoms with van der Waals surface area (Å²) in [6, 6.07) is 13.3. The Morgan fingerprint density at radius 2 is 1.96 bits per heavy atom. The second kappa shape index (κ2) is 7.85. The van der Waals surface area contributed by atoms with Gasteiger partial charge in [0.1, 0.15) is 11.4 Å². The summed E-state index contributed by atoms with van der Waals surface area (Å²) in [5.74, 6) is 0.826. The molecule has 6 nitrogen and oxygen atoms in total. The van der Waals surface area contributed by atoms with E-state index in [9.17, 15) is 9.32 Å². The summed E-state index contributed by atoms with van der Waals surface area (Å²) in [6.45, 7) is 2.11. The lowest BCUT2D eigenvalue weighted by atomic mass is 10.0. The van der Waals surface area contributed by atoms with Gasteiger partial charge in [0.15, 0.2) is 5.82 Å². The van der Waals surface area contributed by atoms with E-state index in [2.05, 4.69) is 27.5 Å². The van der Waals surface area contributed by atoms with Gasteiger partial charge in [0.25, 0.3) is 0 Å². The van der Waals surface area contributed by atoms with Gasteiger partial charge in [-0.05, 0) is 44.6 Å². The first-order valence-corrected chi connectivity index (χ1v) is 11.0. The molecule has 0 saturated carbocycles. The summed E-state index contributed by atoms with van der Waals surface area (Å²) in [5, 5.41) is 24.8. The molecule has 0 amide bonds. The van der Waals surface area contributed by atoms with Crippen LogP contribution in [0.1, 0.15) is 12.8 Å². The number of benzene rings is 2. The van der Waals surface area contributed by atoms with Gasteiger partial charge < -0.3 is 15.3 Å². The molecule has 1 aliphatic heterocycles. The Morgan fingerprint density at radius 1 is 1.18 bits per heavy atom. The zero-order valence-corrected chi connectivity index (χ0v) is 16.9. The number of rotatable bonds is 4. The van der Waals surface area contributed by atoms with Crippen molar-refractivity contribution >= 4 is 27.4 Å². The fraction of sp³-hybridized carbons (Fsp3) is 0.333. The molecule has 0 aliphatic carbocycles. The van der Waals surface area contributed by atoms with Gasteiger partial charge >= 0.3 is 0 Å². The molecule has 1 aliphatic rings. The molecule has 2 heterocycles. The number of piperidine rings is 1. The maximum absolute atomic E-state index is 11.7. The zero-order chi connectivity index (χ0) is 19.7. The summed E-state index contributed by atoms with van der Waals surface area (Å²) >= 11 is 0. The molecule has 2 N–H and O–H groups in total. The van der Waals surface area contributed by atoms with E-state index < -0.39 is 10.8 Å². The van der Waals surface area contributed by atoms with E-state index in [-0.39, 0.29) is 5.75 Å². The molecule has 2 unspecified atom stereocenters. The fourth-order valence-electron chi connectivity index (χ4n) is 3.78. The van der Waals surface area contributed by atoms with Crippen LogP contribution in [0.15, 0.2) is 47.4 Å².